The zero-order valence-electron chi connectivity index (χ0n) is 18.6. The second-order valence-electron chi connectivity index (χ2n) is 9.09. The number of aryl methyl sites for hydroxylation is 1. The maximum atomic E-state index is 14.7. The average molecular weight is 593 g/mol. The topological polar surface area (TPSA) is 64.6 Å². The maximum absolute atomic E-state index is 14.7. The second-order valence-corrected chi connectivity index (χ2v) is 10.3. The van der Waals surface area contributed by atoms with Crippen LogP contribution in [0.15, 0.2) is 54.6 Å². The minimum absolute atomic E-state index is 0.0452. The van der Waals surface area contributed by atoms with Crippen LogP contribution in [0.4, 0.5) is 24.5 Å². The van der Waals surface area contributed by atoms with Gasteiger partial charge in [-0.1, -0.05) is 24.3 Å². The van der Waals surface area contributed by atoms with Crippen LogP contribution in [0, 0.1) is 21.0 Å². The number of halogens is 4. The molecule has 5 rings (SSSR count). The van der Waals surface area contributed by atoms with Gasteiger partial charge in [-0.25, -0.2) is 13.2 Å². The van der Waals surface area contributed by atoms with Crippen LogP contribution in [-0.4, -0.2) is 41.1 Å². The van der Waals surface area contributed by atoms with Crippen LogP contribution in [0.3, 0.4) is 0 Å². The summed E-state index contributed by atoms with van der Waals surface area (Å²) >= 11 is 1.93. The van der Waals surface area contributed by atoms with Gasteiger partial charge in [0, 0.05) is 16.2 Å². The Hall–Kier alpha value is -2.63. The van der Waals surface area contributed by atoms with Crippen molar-refractivity contribution < 1.29 is 23.1 Å². The van der Waals surface area contributed by atoms with Crippen LogP contribution in [0.25, 0.3) is 0 Å². The van der Waals surface area contributed by atoms with Crippen molar-refractivity contribution in [2.75, 3.05) is 25.0 Å². The first-order chi connectivity index (χ1) is 16.7. The maximum Gasteiger partial charge on any atom is 0.256 e. The Labute approximate surface area is 214 Å². The summed E-state index contributed by atoms with van der Waals surface area (Å²) < 4.78 is 43.6. The highest BCUT2D eigenvalue weighted by Crippen LogP contribution is 2.34. The molecule has 182 valence electrons. The smallest absolute Gasteiger partial charge is 0.256 e. The molecule has 3 aromatic rings. The molecular weight excluding hydrogens is 570 g/mol. The Kier molecular flexibility index (Phi) is 6.49. The molecular formula is C26H23F3IN3O2. The average Bonchev–Trinajstić information content (AvgIpc) is 3.23. The molecule has 3 N–H and O–H groups in total. The molecule has 2 aliphatic rings. The molecule has 1 unspecified atom stereocenters. The Bertz CT molecular complexity index is 1300. The quantitative estimate of drug-likeness (QED) is 0.356. The highest BCUT2D eigenvalue weighted by Gasteiger charge is 2.44. The van der Waals surface area contributed by atoms with Crippen molar-refractivity contribution in [2.24, 2.45) is 0 Å². The third-order valence-corrected chi connectivity index (χ3v) is 7.25. The molecule has 1 atom stereocenters. The molecule has 1 aliphatic heterocycles. The predicted octanol–water partition coefficient (Wildman–Crippen LogP) is 4.92. The first-order valence-corrected chi connectivity index (χ1v) is 12.3. The van der Waals surface area contributed by atoms with Crippen LogP contribution in [0.1, 0.15) is 33.9 Å². The molecule has 1 saturated heterocycles. The van der Waals surface area contributed by atoms with Crippen LogP contribution in [0.2, 0.25) is 0 Å². The number of fused-ring (bicyclic) bond motifs is 1. The lowest BCUT2D eigenvalue weighted by Gasteiger charge is -2.47. The Morgan fingerprint density at radius 3 is 2.63 bits per heavy atom. The number of anilines is 2. The highest BCUT2D eigenvalue weighted by atomic mass is 127. The number of hydrogen-bond acceptors (Lipinski definition) is 4. The zero-order valence-corrected chi connectivity index (χ0v) is 20.8. The van der Waals surface area contributed by atoms with Crippen LogP contribution >= 0.6 is 22.6 Å². The Balaban J connectivity index is 1.28. The molecule has 9 heteroatoms. The molecule has 3 aromatic carbocycles. The number of rotatable bonds is 6. The summed E-state index contributed by atoms with van der Waals surface area (Å²) in [7, 11) is 0. The number of amides is 1. The van der Waals surface area contributed by atoms with Gasteiger partial charge in [-0.15, -0.1) is 0 Å². The molecule has 1 aliphatic carbocycles. The number of β-amino-alcohol motifs (C(OH)–C–C–N with tert-alkyl or cyclic N) is 1. The number of aliphatic hydroxyl groups is 1. The largest absolute Gasteiger partial charge is 0.385 e. The van der Waals surface area contributed by atoms with E-state index < -0.39 is 34.6 Å². The Morgan fingerprint density at radius 2 is 1.86 bits per heavy atom. The fourth-order valence-electron chi connectivity index (χ4n) is 4.75. The molecule has 35 heavy (non-hydrogen) atoms. The molecule has 5 nitrogen and oxygen atoms in total. The van der Waals surface area contributed by atoms with E-state index in [4.69, 9.17) is 0 Å². The normalized spacial score (nSPS) is 18.2. The van der Waals surface area contributed by atoms with Crippen molar-refractivity contribution in [3.05, 3.63) is 92.3 Å². The summed E-state index contributed by atoms with van der Waals surface area (Å²) in [5.74, 6) is -3.66. The van der Waals surface area contributed by atoms with Gasteiger partial charge >= 0.3 is 0 Å². The molecule has 1 fully saturated rings. The number of nitrogens with one attached hydrogen (secondary N) is 2. The van der Waals surface area contributed by atoms with Gasteiger partial charge in [0.25, 0.3) is 5.91 Å². The van der Waals surface area contributed by atoms with E-state index in [0.29, 0.717) is 10.1 Å². The van der Waals surface area contributed by atoms with E-state index in [1.165, 1.54) is 34.2 Å². The monoisotopic (exact) mass is 593 g/mol. The first-order valence-electron chi connectivity index (χ1n) is 11.3. The van der Waals surface area contributed by atoms with E-state index in [-0.39, 0.29) is 30.4 Å². The summed E-state index contributed by atoms with van der Waals surface area (Å²) in [6.07, 6.45) is 1.92. The molecule has 1 heterocycles. The van der Waals surface area contributed by atoms with Gasteiger partial charge in [-0.05, 0) is 76.9 Å². The molecule has 0 saturated carbocycles. The standard InChI is InChI=1S/C26H23F3IN3O2/c27-19-8-7-18(24(23(19)29)32-22-10-6-16(30)11-20(22)28)25(34)33-13-26(35,14-33)12-31-21-9-5-15-3-1-2-4-17(15)21/h1-4,6-8,10-11,21,31-32,35H,5,9,12-14H2. The minimum atomic E-state index is -1.27. The van der Waals surface area contributed by atoms with Crippen molar-refractivity contribution in [3.63, 3.8) is 0 Å². The van der Waals surface area contributed by atoms with Gasteiger partial charge in [0.2, 0.25) is 0 Å². The van der Waals surface area contributed by atoms with Crippen molar-refractivity contribution in [1.82, 2.24) is 10.2 Å². The predicted molar refractivity (Wildman–Crippen MR) is 135 cm³/mol. The van der Waals surface area contributed by atoms with Gasteiger partial charge in [0.1, 0.15) is 11.4 Å². The lowest BCUT2D eigenvalue weighted by atomic mass is 9.92. The summed E-state index contributed by atoms with van der Waals surface area (Å²) in [4.78, 5) is 14.5. The van der Waals surface area contributed by atoms with E-state index in [1.807, 2.05) is 34.7 Å². The van der Waals surface area contributed by atoms with E-state index >= 15 is 0 Å². The molecule has 1 amide bonds. The van der Waals surface area contributed by atoms with E-state index in [0.717, 1.165) is 18.9 Å². The SMILES string of the molecule is O=C(c1ccc(F)c(F)c1Nc1ccc(I)cc1F)N1CC(O)(CNC2CCc3ccccc32)C1. The van der Waals surface area contributed by atoms with Crippen LogP contribution in [-0.2, 0) is 6.42 Å². The lowest BCUT2D eigenvalue weighted by Crippen LogP contribution is -2.67. The van der Waals surface area contributed by atoms with Gasteiger partial charge in [-0.2, -0.15) is 0 Å². The summed E-state index contributed by atoms with van der Waals surface area (Å²) in [5, 5.41) is 16.8. The number of carbonyl (C=O) groups is 1. The van der Waals surface area contributed by atoms with Gasteiger partial charge in [0.05, 0.1) is 30.0 Å². The van der Waals surface area contributed by atoms with E-state index in [9.17, 15) is 23.1 Å². The van der Waals surface area contributed by atoms with Crippen LogP contribution < -0.4 is 10.6 Å². The summed E-state index contributed by atoms with van der Waals surface area (Å²) in [6.45, 7) is 0.388. The van der Waals surface area contributed by atoms with Gasteiger partial charge < -0.3 is 20.6 Å². The minimum Gasteiger partial charge on any atom is -0.385 e. The van der Waals surface area contributed by atoms with Crippen molar-refractivity contribution >= 4 is 39.9 Å². The van der Waals surface area contributed by atoms with Crippen molar-refractivity contribution in [3.8, 4) is 0 Å². The fraction of sp³-hybridized carbons (Fsp3) is 0.269. The number of carbonyl (C=O) groups excluding carboxylic acids is 1. The number of hydrogen-bond donors (Lipinski definition) is 3. The Morgan fingerprint density at radius 1 is 1.09 bits per heavy atom. The summed E-state index contributed by atoms with van der Waals surface area (Å²) in [6, 6.07) is 14.6. The summed E-state index contributed by atoms with van der Waals surface area (Å²) in [5.41, 5.74) is 0.744. The van der Waals surface area contributed by atoms with Gasteiger partial charge in [-0.3, -0.25) is 4.79 Å². The zero-order chi connectivity index (χ0) is 24.7. The third-order valence-electron chi connectivity index (χ3n) is 6.58. The first kappa shape index (κ1) is 24.1. The van der Waals surface area contributed by atoms with Crippen molar-refractivity contribution in [1.29, 1.82) is 0 Å². The van der Waals surface area contributed by atoms with E-state index in [1.54, 1.807) is 6.07 Å². The molecule has 0 spiro atoms. The third kappa shape index (κ3) is 4.76. The molecule has 0 bridgehead atoms. The number of nitrogens with zero attached hydrogens (tertiary/aromatic N) is 1. The highest BCUT2D eigenvalue weighted by molar-refractivity contribution is 14.1. The molecule has 0 aromatic heterocycles. The van der Waals surface area contributed by atoms with Gasteiger partial charge in [0.15, 0.2) is 11.6 Å². The second kappa shape index (κ2) is 9.44. The van der Waals surface area contributed by atoms with Crippen LogP contribution in [0.5, 0.6) is 0 Å². The molecule has 0 radical (unpaired) electrons. The fourth-order valence-corrected chi connectivity index (χ4v) is 5.20. The lowest BCUT2D eigenvalue weighted by molar-refractivity contribution is -0.0798. The van der Waals surface area contributed by atoms with E-state index in [2.05, 4.69) is 22.8 Å². The number of likely N-dealkylation sites (tertiary alicyclic amines) is 1. The van der Waals surface area contributed by atoms with Crippen molar-refractivity contribution in [2.45, 2.75) is 24.5 Å². The number of benzene rings is 3.